The first-order valence-corrected chi connectivity index (χ1v) is 6.02. The fraction of sp³-hybridized carbons (Fsp3) is 1.00. The Hall–Kier alpha value is -0.240. The van der Waals surface area contributed by atoms with Crippen molar-refractivity contribution in [2.45, 2.75) is 18.8 Å². The average molecular weight is 246 g/mol. The second-order valence-electron chi connectivity index (χ2n) is 4.83. The van der Waals surface area contributed by atoms with Gasteiger partial charge in [-0.15, -0.1) is 0 Å². The van der Waals surface area contributed by atoms with Gasteiger partial charge in [0.25, 0.3) is 0 Å². The van der Waals surface area contributed by atoms with Gasteiger partial charge in [0.2, 0.25) is 0 Å². The number of hydrogen-bond donors (Lipinski definition) is 2. The van der Waals surface area contributed by atoms with Gasteiger partial charge < -0.3 is 20.1 Å². The van der Waals surface area contributed by atoms with Crippen molar-refractivity contribution >= 4 is 0 Å². The van der Waals surface area contributed by atoms with Crippen LogP contribution in [0.1, 0.15) is 6.92 Å². The molecule has 0 radical (unpaired) electrons. The quantitative estimate of drug-likeness (QED) is 0.591. The van der Waals surface area contributed by atoms with E-state index in [1.165, 1.54) is 0 Å². The number of piperazine rings is 1. The molecule has 1 unspecified atom stereocenters. The Morgan fingerprint density at radius 2 is 1.76 bits per heavy atom. The first kappa shape index (κ1) is 14.8. The Labute approximate surface area is 104 Å². The molecule has 0 aromatic carbocycles. The molecule has 1 aliphatic rings. The minimum atomic E-state index is -0.403. The summed E-state index contributed by atoms with van der Waals surface area (Å²) in [7, 11) is 5.40. The zero-order valence-electron chi connectivity index (χ0n) is 11.4. The Morgan fingerprint density at radius 1 is 1.24 bits per heavy atom. The fourth-order valence-electron chi connectivity index (χ4n) is 2.09. The van der Waals surface area contributed by atoms with Crippen molar-refractivity contribution in [2.75, 3.05) is 54.0 Å². The van der Waals surface area contributed by atoms with Crippen LogP contribution in [0.5, 0.6) is 0 Å². The second kappa shape index (κ2) is 6.63. The number of nitrogens with zero attached hydrogens (tertiary/aromatic N) is 2. The van der Waals surface area contributed by atoms with Crippen LogP contribution >= 0.6 is 0 Å². The number of likely N-dealkylation sites (N-methyl/N-ethyl adjacent to an activating group) is 1. The molecular formula is C11H26N4O2. The van der Waals surface area contributed by atoms with E-state index < -0.39 is 5.54 Å². The van der Waals surface area contributed by atoms with Gasteiger partial charge in [-0.25, -0.2) is 10.4 Å². The van der Waals surface area contributed by atoms with Crippen molar-refractivity contribution < 1.29 is 9.47 Å². The van der Waals surface area contributed by atoms with Crippen molar-refractivity contribution in [1.82, 2.24) is 15.3 Å². The fourth-order valence-corrected chi connectivity index (χ4v) is 2.09. The highest BCUT2D eigenvalue weighted by Gasteiger charge is 2.35. The minimum absolute atomic E-state index is 0.354. The highest BCUT2D eigenvalue weighted by atomic mass is 16.7. The Morgan fingerprint density at radius 3 is 2.18 bits per heavy atom. The van der Waals surface area contributed by atoms with Crippen LogP contribution < -0.4 is 11.2 Å². The highest BCUT2D eigenvalue weighted by Crippen LogP contribution is 2.14. The maximum absolute atomic E-state index is 5.84. The van der Waals surface area contributed by atoms with Gasteiger partial charge in [0.15, 0.2) is 6.29 Å². The van der Waals surface area contributed by atoms with Gasteiger partial charge >= 0.3 is 0 Å². The normalized spacial score (nSPS) is 22.9. The minimum Gasteiger partial charge on any atom is -0.354 e. The van der Waals surface area contributed by atoms with Crippen molar-refractivity contribution in [2.24, 2.45) is 5.73 Å². The zero-order valence-corrected chi connectivity index (χ0v) is 11.4. The van der Waals surface area contributed by atoms with E-state index in [9.17, 15) is 0 Å². The molecule has 102 valence electrons. The third-order valence-corrected chi connectivity index (χ3v) is 3.29. The first-order chi connectivity index (χ1) is 8.05. The SMILES string of the molecule is COC(OC)C(C)(CN)NN1CCN(C)CC1. The standard InChI is InChI=1S/C11H26N4O2/c1-11(9-12,10(16-3)17-4)13-15-7-5-14(2)6-8-15/h10,13H,5-9,12H2,1-4H3. The number of methoxy groups -OCH3 is 2. The van der Waals surface area contributed by atoms with Gasteiger partial charge in [0.05, 0.1) is 5.54 Å². The molecule has 3 N–H and O–H groups in total. The lowest BCUT2D eigenvalue weighted by molar-refractivity contribution is -0.165. The summed E-state index contributed by atoms with van der Waals surface area (Å²) in [6.07, 6.45) is -0.354. The molecule has 0 spiro atoms. The number of nitrogens with one attached hydrogen (secondary N) is 1. The molecule has 17 heavy (non-hydrogen) atoms. The van der Waals surface area contributed by atoms with E-state index in [0.717, 1.165) is 26.2 Å². The predicted molar refractivity (Wildman–Crippen MR) is 67.5 cm³/mol. The molecule has 1 aliphatic heterocycles. The summed E-state index contributed by atoms with van der Waals surface area (Å²) in [5, 5.41) is 2.19. The summed E-state index contributed by atoms with van der Waals surface area (Å²) >= 11 is 0. The molecule has 1 heterocycles. The van der Waals surface area contributed by atoms with E-state index >= 15 is 0 Å². The van der Waals surface area contributed by atoms with E-state index in [4.69, 9.17) is 15.2 Å². The van der Waals surface area contributed by atoms with Crippen LogP contribution in [-0.4, -0.2) is 75.7 Å². The summed E-state index contributed by atoms with van der Waals surface area (Å²) in [6, 6.07) is 0. The topological polar surface area (TPSA) is 63.0 Å². The second-order valence-corrected chi connectivity index (χ2v) is 4.83. The van der Waals surface area contributed by atoms with Gasteiger partial charge in [-0.2, -0.15) is 0 Å². The zero-order chi connectivity index (χ0) is 12.9. The Balaban J connectivity index is 2.55. The largest absolute Gasteiger partial charge is 0.354 e. The summed E-state index contributed by atoms with van der Waals surface area (Å²) in [5.74, 6) is 0. The van der Waals surface area contributed by atoms with Crippen LogP contribution in [0.2, 0.25) is 0 Å². The lowest BCUT2D eigenvalue weighted by Gasteiger charge is -2.42. The predicted octanol–water partition coefficient (Wildman–Crippen LogP) is -0.925. The van der Waals surface area contributed by atoms with Crippen molar-refractivity contribution in [3.05, 3.63) is 0 Å². The van der Waals surface area contributed by atoms with Crippen LogP contribution in [0.4, 0.5) is 0 Å². The number of nitrogens with two attached hydrogens (primary N) is 1. The number of hydrogen-bond acceptors (Lipinski definition) is 6. The summed E-state index contributed by atoms with van der Waals surface area (Å²) < 4.78 is 10.6. The van der Waals surface area contributed by atoms with Crippen LogP contribution in [0.25, 0.3) is 0 Å². The first-order valence-electron chi connectivity index (χ1n) is 6.02. The molecule has 0 aromatic rings. The number of rotatable bonds is 6. The van der Waals surface area contributed by atoms with Gasteiger partial charge in [-0.3, -0.25) is 0 Å². The lowest BCUT2D eigenvalue weighted by atomic mass is 10.0. The molecule has 0 bridgehead atoms. The maximum Gasteiger partial charge on any atom is 0.177 e. The van der Waals surface area contributed by atoms with E-state index in [1.807, 2.05) is 6.92 Å². The Kier molecular flexibility index (Phi) is 5.78. The molecule has 0 aliphatic carbocycles. The third kappa shape index (κ3) is 3.87. The molecule has 1 rings (SSSR count). The van der Waals surface area contributed by atoms with E-state index in [1.54, 1.807) is 14.2 Å². The van der Waals surface area contributed by atoms with Gasteiger partial charge in [-0.05, 0) is 14.0 Å². The molecule has 0 amide bonds. The molecule has 6 heteroatoms. The Bertz CT molecular complexity index is 218. The smallest absolute Gasteiger partial charge is 0.177 e. The van der Waals surface area contributed by atoms with E-state index in [-0.39, 0.29) is 6.29 Å². The summed E-state index contributed by atoms with van der Waals surface area (Å²) in [6.45, 7) is 6.53. The van der Waals surface area contributed by atoms with Crippen LogP contribution in [0.15, 0.2) is 0 Å². The summed E-state index contributed by atoms with van der Waals surface area (Å²) in [4.78, 5) is 2.31. The molecular weight excluding hydrogens is 220 g/mol. The molecule has 1 saturated heterocycles. The third-order valence-electron chi connectivity index (χ3n) is 3.29. The van der Waals surface area contributed by atoms with Crippen molar-refractivity contribution in [1.29, 1.82) is 0 Å². The number of ether oxygens (including phenoxy) is 2. The average Bonchev–Trinajstić information content (AvgIpc) is 2.33. The monoisotopic (exact) mass is 246 g/mol. The van der Waals surface area contributed by atoms with E-state index in [0.29, 0.717) is 6.54 Å². The van der Waals surface area contributed by atoms with Crippen molar-refractivity contribution in [3.8, 4) is 0 Å². The van der Waals surface area contributed by atoms with E-state index in [2.05, 4.69) is 22.4 Å². The molecule has 1 fully saturated rings. The van der Waals surface area contributed by atoms with Gasteiger partial charge in [0.1, 0.15) is 0 Å². The van der Waals surface area contributed by atoms with Crippen molar-refractivity contribution in [3.63, 3.8) is 0 Å². The number of hydrazine groups is 1. The maximum atomic E-state index is 5.84. The lowest BCUT2D eigenvalue weighted by Crippen LogP contribution is -2.66. The summed E-state index contributed by atoms with van der Waals surface area (Å²) in [5.41, 5.74) is 8.88. The molecule has 0 aromatic heterocycles. The van der Waals surface area contributed by atoms with Crippen LogP contribution in [0, 0.1) is 0 Å². The molecule has 0 saturated carbocycles. The van der Waals surface area contributed by atoms with Gasteiger partial charge in [0, 0.05) is 46.9 Å². The van der Waals surface area contributed by atoms with Gasteiger partial charge in [-0.1, -0.05) is 0 Å². The highest BCUT2D eigenvalue weighted by molar-refractivity contribution is 4.88. The molecule has 6 nitrogen and oxygen atoms in total. The van der Waals surface area contributed by atoms with Crippen LogP contribution in [0.3, 0.4) is 0 Å². The molecule has 1 atom stereocenters. The van der Waals surface area contributed by atoms with Crippen LogP contribution in [-0.2, 0) is 9.47 Å².